The van der Waals surface area contributed by atoms with Gasteiger partial charge < -0.3 is 5.32 Å². The van der Waals surface area contributed by atoms with E-state index in [1.807, 2.05) is 35.2 Å². The van der Waals surface area contributed by atoms with E-state index in [1.165, 1.54) is 18.4 Å². The number of nitrogens with zero attached hydrogens (tertiary/aromatic N) is 5. The average molecular weight is 431 g/mol. The number of tetrazole rings is 1. The lowest BCUT2D eigenvalue weighted by atomic mass is 10.00. The van der Waals surface area contributed by atoms with Crippen molar-refractivity contribution in [2.45, 2.75) is 45.6 Å². The van der Waals surface area contributed by atoms with Gasteiger partial charge in [-0.05, 0) is 41.0 Å². The fraction of sp³-hybridized carbons (Fsp3) is 0.360. The molecule has 4 rings (SSSR count). The van der Waals surface area contributed by atoms with Crippen LogP contribution in [0.15, 0.2) is 60.7 Å². The van der Waals surface area contributed by atoms with E-state index < -0.39 is 0 Å². The first-order valence-corrected chi connectivity index (χ1v) is 11.3. The Balaban J connectivity index is 1.62. The number of nitrogens with one attached hydrogen (secondary N) is 1. The number of rotatable bonds is 9. The van der Waals surface area contributed by atoms with Gasteiger partial charge >= 0.3 is 0 Å². The largest absolute Gasteiger partial charge is 0.355 e. The summed E-state index contributed by atoms with van der Waals surface area (Å²) in [5, 5.41) is 15.5. The molecular weight excluding hydrogens is 400 g/mol. The predicted molar refractivity (Wildman–Crippen MR) is 126 cm³/mol. The van der Waals surface area contributed by atoms with Gasteiger partial charge in [-0.2, -0.15) is 4.68 Å². The molecule has 32 heavy (non-hydrogen) atoms. The van der Waals surface area contributed by atoms with E-state index in [-0.39, 0.29) is 18.5 Å². The van der Waals surface area contributed by atoms with E-state index in [9.17, 15) is 4.79 Å². The number of aromatic nitrogens is 4. The zero-order valence-electron chi connectivity index (χ0n) is 18.7. The molecule has 1 amide bonds. The van der Waals surface area contributed by atoms with Crippen molar-refractivity contribution in [3.8, 4) is 0 Å². The Bertz CT molecular complexity index is 1060. The van der Waals surface area contributed by atoms with Crippen LogP contribution >= 0.6 is 0 Å². The third-order valence-electron chi connectivity index (χ3n) is 5.73. The Morgan fingerprint density at radius 1 is 1.03 bits per heavy atom. The first-order chi connectivity index (χ1) is 15.7. The molecule has 0 spiro atoms. The average Bonchev–Trinajstić information content (AvgIpc) is 3.31. The van der Waals surface area contributed by atoms with Gasteiger partial charge in [-0.3, -0.25) is 9.69 Å². The molecule has 0 bridgehead atoms. The number of unbranched alkanes of at least 4 members (excludes halogenated alkanes) is 3. The summed E-state index contributed by atoms with van der Waals surface area (Å²) in [6, 6.07) is 18.3. The monoisotopic (exact) mass is 430 g/mol. The molecule has 1 atom stereocenters. The summed E-state index contributed by atoms with van der Waals surface area (Å²) < 4.78 is 1.78. The number of hydrogen-bond donors (Lipinski definition) is 1. The lowest BCUT2D eigenvalue weighted by Gasteiger charge is -2.32. The minimum Gasteiger partial charge on any atom is -0.355 e. The minimum absolute atomic E-state index is 0.0355. The molecule has 1 aliphatic heterocycles. The highest BCUT2D eigenvalue weighted by molar-refractivity contribution is 5.89. The van der Waals surface area contributed by atoms with Crippen molar-refractivity contribution in [1.29, 1.82) is 0 Å². The molecular formula is C25H30N6O. The SMILES string of the molecule is CCCCCCNC(=O)CN1C(c2ccccc2)=CC(c2ccc(C)cc2)n2nnnc21. The van der Waals surface area contributed by atoms with Gasteiger partial charge in [0, 0.05) is 6.54 Å². The molecule has 0 saturated heterocycles. The first kappa shape index (κ1) is 21.7. The van der Waals surface area contributed by atoms with E-state index in [1.54, 1.807) is 4.68 Å². The van der Waals surface area contributed by atoms with Gasteiger partial charge in [0.15, 0.2) is 0 Å². The van der Waals surface area contributed by atoms with Crippen LogP contribution in [-0.2, 0) is 4.79 Å². The summed E-state index contributed by atoms with van der Waals surface area (Å²) in [4.78, 5) is 14.7. The van der Waals surface area contributed by atoms with Gasteiger partial charge in [0.2, 0.25) is 5.91 Å². The zero-order chi connectivity index (χ0) is 22.3. The number of hydrogen-bond acceptors (Lipinski definition) is 5. The highest BCUT2D eigenvalue weighted by Crippen LogP contribution is 2.36. The number of benzene rings is 2. The number of aryl methyl sites for hydroxylation is 1. The van der Waals surface area contributed by atoms with Crippen LogP contribution in [0.3, 0.4) is 0 Å². The minimum atomic E-state index is -0.149. The van der Waals surface area contributed by atoms with E-state index in [0.717, 1.165) is 29.7 Å². The summed E-state index contributed by atoms with van der Waals surface area (Å²) >= 11 is 0. The molecule has 1 unspecified atom stereocenters. The summed E-state index contributed by atoms with van der Waals surface area (Å²) in [6.07, 6.45) is 6.63. The van der Waals surface area contributed by atoms with Gasteiger partial charge in [-0.1, -0.05) is 91.4 Å². The zero-order valence-corrected chi connectivity index (χ0v) is 18.7. The van der Waals surface area contributed by atoms with Crippen LogP contribution in [0.5, 0.6) is 0 Å². The molecule has 1 aromatic heterocycles. The highest BCUT2D eigenvalue weighted by Gasteiger charge is 2.31. The summed E-state index contributed by atoms with van der Waals surface area (Å²) in [6.45, 7) is 5.10. The molecule has 0 fully saturated rings. The van der Waals surface area contributed by atoms with Crippen LogP contribution in [0.1, 0.15) is 55.3 Å². The Kier molecular flexibility index (Phi) is 6.94. The number of fused-ring (bicyclic) bond motifs is 1. The molecule has 1 aliphatic rings. The number of carbonyl (C=O) groups is 1. The van der Waals surface area contributed by atoms with Crippen LogP contribution in [0.4, 0.5) is 5.95 Å². The standard InChI is InChI=1S/C25H30N6O/c1-3-4-5-9-16-26-24(32)18-30-22(20-10-7-6-8-11-20)17-23(31-25(30)27-28-29-31)21-14-12-19(2)13-15-21/h6-8,10-15,17,23H,3-5,9,16,18H2,1-2H3,(H,26,32). The third-order valence-corrected chi connectivity index (χ3v) is 5.73. The van der Waals surface area contributed by atoms with Crippen molar-refractivity contribution in [2.75, 3.05) is 18.0 Å². The summed E-state index contributed by atoms with van der Waals surface area (Å²) in [5.74, 6) is 0.532. The topological polar surface area (TPSA) is 75.9 Å². The third kappa shape index (κ3) is 4.88. The van der Waals surface area contributed by atoms with E-state index in [4.69, 9.17) is 0 Å². The molecule has 0 saturated carbocycles. The van der Waals surface area contributed by atoms with E-state index >= 15 is 0 Å². The van der Waals surface area contributed by atoms with Gasteiger partial charge in [0.05, 0.1) is 5.70 Å². The number of anilines is 1. The molecule has 1 N–H and O–H groups in total. The lowest BCUT2D eigenvalue weighted by Crippen LogP contribution is -2.40. The second-order valence-electron chi connectivity index (χ2n) is 8.19. The maximum absolute atomic E-state index is 12.8. The van der Waals surface area contributed by atoms with Crippen molar-refractivity contribution in [2.24, 2.45) is 0 Å². The molecule has 166 valence electrons. The molecule has 2 aromatic carbocycles. The quantitative estimate of drug-likeness (QED) is 0.517. The Labute approximate surface area is 189 Å². The van der Waals surface area contributed by atoms with Gasteiger partial charge in [0.25, 0.3) is 5.95 Å². The molecule has 3 aromatic rings. The van der Waals surface area contributed by atoms with Crippen LogP contribution < -0.4 is 10.2 Å². The second-order valence-corrected chi connectivity index (χ2v) is 8.19. The van der Waals surface area contributed by atoms with Crippen molar-refractivity contribution >= 4 is 17.6 Å². The summed E-state index contributed by atoms with van der Waals surface area (Å²) in [7, 11) is 0. The van der Waals surface area contributed by atoms with Crippen molar-refractivity contribution in [3.05, 3.63) is 77.4 Å². The highest BCUT2D eigenvalue weighted by atomic mass is 16.2. The van der Waals surface area contributed by atoms with E-state index in [2.05, 4.69) is 65.0 Å². The second kappa shape index (κ2) is 10.2. The Hall–Kier alpha value is -3.48. The fourth-order valence-electron chi connectivity index (χ4n) is 3.96. The van der Waals surface area contributed by atoms with Crippen LogP contribution in [-0.4, -0.2) is 39.2 Å². The lowest BCUT2D eigenvalue weighted by molar-refractivity contribution is -0.119. The van der Waals surface area contributed by atoms with Gasteiger partial charge in [0.1, 0.15) is 12.6 Å². The molecule has 7 heteroatoms. The normalized spacial score (nSPS) is 15.2. The molecule has 0 aliphatic carbocycles. The molecule has 0 radical (unpaired) electrons. The number of carbonyl (C=O) groups excluding carboxylic acids is 1. The van der Waals surface area contributed by atoms with Gasteiger partial charge in [-0.25, -0.2) is 0 Å². The van der Waals surface area contributed by atoms with E-state index in [0.29, 0.717) is 12.5 Å². The smallest absolute Gasteiger partial charge is 0.251 e. The van der Waals surface area contributed by atoms with Crippen molar-refractivity contribution in [3.63, 3.8) is 0 Å². The maximum atomic E-state index is 12.8. The van der Waals surface area contributed by atoms with Crippen molar-refractivity contribution in [1.82, 2.24) is 25.5 Å². The fourth-order valence-corrected chi connectivity index (χ4v) is 3.96. The Morgan fingerprint density at radius 3 is 2.56 bits per heavy atom. The molecule has 2 heterocycles. The maximum Gasteiger partial charge on any atom is 0.251 e. The van der Waals surface area contributed by atoms with Crippen LogP contribution in [0, 0.1) is 6.92 Å². The Morgan fingerprint density at radius 2 is 1.81 bits per heavy atom. The van der Waals surface area contributed by atoms with Crippen LogP contribution in [0.25, 0.3) is 5.70 Å². The van der Waals surface area contributed by atoms with Crippen LogP contribution in [0.2, 0.25) is 0 Å². The summed E-state index contributed by atoms with van der Waals surface area (Å²) in [5.41, 5.74) is 4.25. The van der Waals surface area contributed by atoms with Crippen molar-refractivity contribution < 1.29 is 4.79 Å². The number of amides is 1. The first-order valence-electron chi connectivity index (χ1n) is 11.3. The van der Waals surface area contributed by atoms with Gasteiger partial charge in [-0.15, -0.1) is 0 Å². The predicted octanol–water partition coefficient (Wildman–Crippen LogP) is 4.13. The number of allylic oxidation sites excluding steroid dienone is 1. The molecule has 7 nitrogen and oxygen atoms in total.